The SMILES string of the molecule is C/C(N)=C(/C=N)c1ccc2cc(C(=O)NCc3c(Cl)cccc3C3(O)CC3)[nH]c2n1. The van der Waals surface area contributed by atoms with E-state index in [1.807, 2.05) is 12.1 Å². The number of fused-ring (bicyclic) bond motifs is 1. The van der Waals surface area contributed by atoms with Crippen LogP contribution in [0.2, 0.25) is 5.02 Å². The Kier molecular flexibility index (Phi) is 5.09. The minimum atomic E-state index is -0.840. The predicted octanol–water partition coefficient (Wildman–Crippen LogP) is 3.47. The van der Waals surface area contributed by atoms with Crippen molar-refractivity contribution >= 4 is 40.3 Å². The normalized spacial score (nSPS) is 15.6. The second-order valence-electron chi connectivity index (χ2n) is 7.54. The molecule has 30 heavy (non-hydrogen) atoms. The molecule has 0 atom stereocenters. The molecule has 4 rings (SSSR count). The fourth-order valence-electron chi connectivity index (χ4n) is 3.49. The topological polar surface area (TPSA) is 128 Å². The lowest BCUT2D eigenvalue weighted by Gasteiger charge is -2.16. The summed E-state index contributed by atoms with van der Waals surface area (Å²) in [7, 11) is 0. The number of carbonyl (C=O) groups is 1. The van der Waals surface area contributed by atoms with Gasteiger partial charge in [-0.3, -0.25) is 4.79 Å². The number of nitrogens with zero attached hydrogens (tertiary/aromatic N) is 1. The number of carbonyl (C=O) groups excluding carboxylic acids is 1. The van der Waals surface area contributed by atoms with Gasteiger partial charge in [0.15, 0.2) is 0 Å². The number of aromatic amines is 1. The van der Waals surface area contributed by atoms with E-state index in [0.717, 1.165) is 22.7 Å². The molecular formula is C22H22ClN5O2. The maximum Gasteiger partial charge on any atom is 0.268 e. The standard InChI is InChI=1S/C22H22ClN5O2/c1-12(25)14(10-24)18-6-5-13-9-19(28-20(13)27-18)21(29)26-11-15-16(22(30)7-8-22)3-2-4-17(15)23/h2-6,9-10,24,30H,7-8,11,25H2,1H3,(H,26,29)(H,27,28)/b14-12+,24-10?. The first kappa shape index (κ1) is 20.1. The summed E-state index contributed by atoms with van der Waals surface area (Å²) in [6, 6.07) is 10.7. The maximum atomic E-state index is 12.7. The average molecular weight is 424 g/mol. The summed E-state index contributed by atoms with van der Waals surface area (Å²) in [5, 5.41) is 22.2. The zero-order chi connectivity index (χ0) is 21.5. The number of aromatic nitrogens is 2. The van der Waals surface area contributed by atoms with E-state index >= 15 is 0 Å². The highest BCUT2D eigenvalue weighted by Crippen LogP contribution is 2.47. The van der Waals surface area contributed by atoms with E-state index in [1.165, 1.54) is 0 Å². The van der Waals surface area contributed by atoms with Gasteiger partial charge in [-0.25, -0.2) is 4.98 Å². The maximum absolute atomic E-state index is 12.7. The third-order valence-corrected chi connectivity index (χ3v) is 5.69. The number of nitrogens with one attached hydrogen (secondary N) is 3. The molecule has 1 fully saturated rings. The molecule has 0 spiro atoms. The molecule has 3 aromatic rings. The van der Waals surface area contributed by atoms with Crippen LogP contribution in [0.25, 0.3) is 16.6 Å². The molecule has 0 aliphatic heterocycles. The summed E-state index contributed by atoms with van der Waals surface area (Å²) < 4.78 is 0. The van der Waals surface area contributed by atoms with Crippen LogP contribution in [0.1, 0.15) is 47.1 Å². The van der Waals surface area contributed by atoms with Crippen LogP contribution >= 0.6 is 11.6 Å². The largest absolute Gasteiger partial charge is 0.402 e. The number of benzene rings is 1. The molecular weight excluding hydrogens is 402 g/mol. The number of amides is 1. The summed E-state index contributed by atoms with van der Waals surface area (Å²) in [5.41, 5.74) is 8.94. The number of nitrogens with two attached hydrogens (primary N) is 1. The number of hydrogen-bond donors (Lipinski definition) is 5. The third-order valence-electron chi connectivity index (χ3n) is 5.34. The number of rotatable bonds is 6. The molecule has 1 aromatic carbocycles. The monoisotopic (exact) mass is 423 g/mol. The van der Waals surface area contributed by atoms with Gasteiger partial charge in [0.05, 0.1) is 11.3 Å². The minimum Gasteiger partial charge on any atom is -0.402 e. The Bertz CT molecular complexity index is 1190. The number of H-pyrrole nitrogens is 1. The average Bonchev–Trinajstić information content (AvgIpc) is 3.31. The van der Waals surface area contributed by atoms with Crippen molar-refractivity contribution in [1.82, 2.24) is 15.3 Å². The lowest BCUT2D eigenvalue weighted by molar-refractivity contribution is 0.0945. The Hall–Kier alpha value is -3.16. The smallest absolute Gasteiger partial charge is 0.268 e. The Morgan fingerprint density at radius 3 is 2.83 bits per heavy atom. The molecule has 2 aromatic heterocycles. The van der Waals surface area contributed by atoms with Gasteiger partial charge in [-0.15, -0.1) is 0 Å². The van der Waals surface area contributed by atoms with Crippen molar-refractivity contribution < 1.29 is 9.90 Å². The van der Waals surface area contributed by atoms with Crippen LogP contribution in [0.15, 0.2) is 42.1 Å². The van der Waals surface area contributed by atoms with E-state index in [2.05, 4.69) is 15.3 Å². The Morgan fingerprint density at radius 1 is 1.40 bits per heavy atom. The molecule has 6 N–H and O–H groups in total. The molecule has 0 radical (unpaired) electrons. The first-order valence-electron chi connectivity index (χ1n) is 9.58. The van der Waals surface area contributed by atoms with Crippen molar-refractivity contribution in [2.24, 2.45) is 5.73 Å². The van der Waals surface area contributed by atoms with Crippen molar-refractivity contribution in [2.45, 2.75) is 31.9 Å². The van der Waals surface area contributed by atoms with E-state index in [0.29, 0.717) is 46.2 Å². The third kappa shape index (κ3) is 3.69. The zero-order valence-corrected chi connectivity index (χ0v) is 17.2. The van der Waals surface area contributed by atoms with Crippen molar-refractivity contribution in [3.05, 3.63) is 69.6 Å². The van der Waals surface area contributed by atoms with Gasteiger partial charge < -0.3 is 26.6 Å². The number of pyridine rings is 1. The summed E-state index contributed by atoms with van der Waals surface area (Å²) in [5.74, 6) is -0.305. The number of allylic oxidation sites excluding steroid dienone is 2. The quantitative estimate of drug-likeness (QED) is 0.389. The first-order valence-corrected chi connectivity index (χ1v) is 9.95. The summed E-state index contributed by atoms with van der Waals surface area (Å²) in [6.07, 6.45) is 2.55. The molecule has 1 amide bonds. The van der Waals surface area contributed by atoms with Crippen LogP contribution in [0.4, 0.5) is 0 Å². The Labute approximate surface area is 178 Å². The molecule has 154 valence electrons. The molecule has 0 unspecified atom stereocenters. The molecule has 2 heterocycles. The Morgan fingerprint density at radius 2 is 2.17 bits per heavy atom. The highest BCUT2D eigenvalue weighted by molar-refractivity contribution is 6.31. The fraction of sp³-hybridized carbons (Fsp3) is 0.227. The second kappa shape index (κ2) is 7.59. The minimum absolute atomic E-state index is 0.206. The van der Waals surface area contributed by atoms with Crippen LogP contribution in [0.5, 0.6) is 0 Å². The van der Waals surface area contributed by atoms with Gasteiger partial charge in [-0.2, -0.15) is 0 Å². The Balaban J connectivity index is 1.56. The highest BCUT2D eigenvalue weighted by Gasteiger charge is 2.43. The highest BCUT2D eigenvalue weighted by atomic mass is 35.5. The van der Waals surface area contributed by atoms with Gasteiger partial charge in [0.2, 0.25) is 0 Å². The lowest BCUT2D eigenvalue weighted by Crippen LogP contribution is -2.25. The number of aliphatic hydroxyl groups is 1. The van der Waals surface area contributed by atoms with Crippen molar-refractivity contribution in [1.29, 1.82) is 5.41 Å². The lowest BCUT2D eigenvalue weighted by atomic mass is 10.0. The zero-order valence-electron chi connectivity index (χ0n) is 16.4. The fourth-order valence-corrected chi connectivity index (χ4v) is 3.74. The van der Waals surface area contributed by atoms with E-state index in [-0.39, 0.29) is 12.5 Å². The molecule has 7 nitrogen and oxygen atoms in total. The molecule has 8 heteroatoms. The van der Waals surface area contributed by atoms with Crippen LogP contribution < -0.4 is 11.1 Å². The van der Waals surface area contributed by atoms with Gasteiger partial charge in [0.1, 0.15) is 11.3 Å². The second-order valence-corrected chi connectivity index (χ2v) is 7.95. The van der Waals surface area contributed by atoms with E-state index in [9.17, 15) is 9.90 Å². The van der Waals surface area contributed by atoms with Crippen LogP contribution in [-0.4, -0.2) is 27.2 Å². The van der Waals surface area contributed by atoms with Crippen molar-refractivity contribution in [3.63, 3.8) is 0 Å². The van der Waals surface area contributed by atoms with E-state index in [1.54, 1.807) is 31.2 Å². The summed E-state index contributed by atoms with van der Waals surface area (Å²) >= 11 is 6.33. The van der Waals surface area contributed by atoms with Crippen LogP contribution in [-0.2, 0) is 12.1 Å². The van der Waals surface area contributed by atoms with Gasteiger partial charge >= 0.3 is 0 Å². The molecule has 1 aliphatic carbocycles. The van der Waals surface area contributed by atoms with E-state index < -0.39 is 5.60 Å². The number of hydrogen-bond acceptors (Lipinski definition) is 5. The van der Waals surface area contributed by atoms with Crippen molar-refractivity contribution in [3.8, 4) is 0 Å². The molecule has 0 bridgehead atoms. The summed E-state index contributed by atoms with van der Waals surface area (Å²) in [6.45, 7) is 1.91. The number of halogens is 1. The molecule has 1 aliphatic rings. The summed E-state index contributed by atoms with van der Waals surface area (Å²) in [4.78, 5) is 20.2. The van der Waals surface area contributed by atoms with Crippen LogP contribution in [0, 0.1) is 5.41 Å². The first-order chi connectivity index (χ1) is 14.3. The van der Waals surface area contributed by atoms with Gasteiger partial charge in [-0.1, -0.05) is 23.7 Å². The van der Waals surface area contributed by atoms with Crippen LogP contribution in [0.3, 0.4) is 0 Å². The van der Waals surface area contributed by atoms with Gasteiger partial charge in [0.25, 0.3) is 5.91 Å². The van der Waals surface area contributed by atoms with E-state index in [4.69, 9.17) is 22.7 Å². The van der Waals surface area contributed by atoms with Gasteiger partial charge in [-0.05, 0) is 55.2 Å². The molecule has 1 saturated carbocycles. The predicted molar refractivity (Wildman–Crippen MR) is 117 cm³/mol. The molecule has 0 saturated heterocycles. The van der Waals surface area contributed by atoms with Gasteiger partial charge in [0, 0.05) is 34.4 Å². The van der Waals surface area contributed by atoms with Crippen molar-refractivity contribution in [2.75, 3.05) is 0 Å².